The number of aliphatic hydroxyl groups excluding tert-OH is 2. The predicted octanol–water partition coefficient (Wildman–Crippen LogP) is 2.64. The maximum atomic E-state index is 13.4. The van der Waals surface area contributed by atoms with Gasteiger partial charge >= 0.3 is 0 Å². The van der Waals surface area contributed by atoms with Crippen molar-refractivity contribution in [2.45, 2.75) is 24.3 Å². The summed E-state index contributed by atoms with van der Waals surface area (Å²) in [6.07, 6.45) is 3.88. The lowest BCUT2D eigenvalue weighted by Gasteiger charge is -2.32. The van der Waals surface area contributed by atoms with Crippen LogP contribution in [0.2, 0.25) is 0 Å². The Balaban J connectivity index is 1.54. The molecular weight excluding hydrogens is 387 g/mol. The molecule has 1 saturated carbocycles. The molecule has 0 radical (unpaired) electrons. The van der Waals surface area contributed by atoms with Gasteiger partial charge in [-0.25, -0.2) is 14.4 Å². The van der Waals surface area contributed by atoms with E-state index in [0.29, 0.717) is 34.3 Å². The van der Waals surface area contributed by atoms with Gasteiger partial charge in [-0.2, -0.15) is 5.10 Å². The van der Waals surface area contributed by atoms with Crippen LogP contribution in [0.4, 0.5) is 16.0 Å². The minimum Gasteiger partial charge on any atom is -0.393 e. The number of benzene rings is 1. The van der Waals surface area contributed by atoms with Crippen molar-refractivity contribution < 1.29 is 14.6 Å². The fourth-order valence-electron chi connectivity index (χ4n) is 3.70. The highest BCUT2D eigenvalue weighted by Gasteiger charge is 2.35. The minimum absolute atomic E-state index is 0.395. The summed E-state index contributed by atoms with van der Waals surface area (Å²) < 4.78 is 15.0. The lowest BCUT2D eigenvalue weighted by Crippen LogP contribution is -2.42. The Morgan fingerprint density at radius 2 is 1.87 bits per heavy atom. The Morgan fingerprint density at radius 1 is 1.10 bits per heavy atom. The first-order valence-corrected chi connectivity index (χ1v) is 9.77. The number of hydrogen-bond acceptors (Lipinski definition) is 6. The SMILES string of the molecule is OCC(CO)(c1ccc(F)cc1)n1cnc2ccc(Nc3cc(C4CC4)[nH]n3)nc21. The molecule has 30 heavy (non-hydrogen) atoms. The highest BCUT2D eigenvalue weighted by atomic mass is 19.1. The van der Waals surface area contributed by atoms with Crippen molar-refractivity contribution in [1.29, 1.82) is 0 Å². The molecule has 0 aliphatic heterocycles. The van der Waals surface area contributed by atoms with Crippen LogP contribution in [-0.4, -0.2) is 48.2 Å². The second-order valence-electron chi connectivity index (χ2n) is 7.62. The molecule has 8 nitrogen and oxygen atoms in total. The quantitative estimate of drug-likeness (QED) is 0.374. The Labute approximate surface area is 171 Å². The first kappa shape index (κ1) is 18.7. The fourth-order valence-corrected chi connectivity index (χ4v) is 3.70. The Bertz CT molecular complexity index is 1180. The molecule has 154 valence electrons. The number of hydrogen-bond donors (Lipinski definition) is 4. The van der Waals surface area contributed by atoms with Gasteiger partial charge in [0.15, 0.2) is 11.5 Å². The number of aromatic nitrogens is 5. The standard InChI is InChI=1S/C21H21FN6O2/c22-15-5-3-14(4-6-15)21(10-29,11-30)28-12-23-16-7-8-18(25-20(16)28)24-19-9-17(26-27-19)13-1-2-13/h3-9,12-13,29-30H,1-2,10-11H2,(H2,24,25,26,27). The molecule has 1 fully saturated rings. The molecule has 4 aromatic rings. The van der Waals surface area contributed by atoms with E-state index in [0.717, 1.165) is 5.69 Å². The molecule has 0 atom stereocenters. The van der Waals surface area contributed by atoms with Gasteiger partial charge in [-0.15, -0.1) is 0 Å². The van der Waals surface area contributed by atoms with Crippen molar-refractivity contribution in [1.82, 2.24) is 24.7 Å². The summed E-state index contributed by atoms with van der Waals surface area (Å²) in [5, 5.41) is 31.0. The molecule has 3 heterocycles. The number of halogens is 1. The Morgan fingerprint density at radius 3 is 2.57 bits per heavy atom. The molecular formula is C21H21FN6O2. The number of H-pyrrole nitrogens is 1. The van der Waals surface area contributed by atoms with Crippen LogP contribution in [0.3, 0.4) is 0 Å². The normalized spacial score (nSPS) is 14.4. The second kappa shape index (κ2) is 7.19. The van der Waals surface area contributed by atoms with Gasteiger partial charge in [0.2, 0.25) is 0 Å². The first-order chi connectivity index (χ1) is 14.6. The largest absolute Gasteiger partial charge is 0.393 e. The summed E-state index contributed by atoms with van der Waals surface area (Å²) in [7, 11) is 0. The van der Waals surface area contributed by atoms with Crippen LogP contribution in [0.1, 0.15) is 30.0 Å². The van der Waals surface area contributed by atoms with Gasteiger partial charge in [-0.1, -0.05) is 12.1 Å². The number of nitrogens with one attached hydrogen (secondary N) is 2. The van der Waals surface area contributed by atoms with Gasteiger partial charge in [-0.3, -0.25) is 5.10 Å². The molecule has 9 heteroatoms. The average molecular weight is 408 g/mol. The van der Waals surface area contributed by atoms with E-state index >= 15 is 0 Å². The van der Waals surface area contributed by atoms with Gasteiger partial charge in [0.1, 0.15) is 22.7 Å². The van der Waals surface area contributed by atoms with Crippen LogP contribution in [0.25, 0.3) is 11.2 Å². The van der Waals surface area contributed by atoms with Crippen molar-refractivity contribution in [3.63, 3.8) is 0 Å². The van der Waals surface area contributed by atoms with E-state index in [1.165, 1.54) is 31.3 Å². The number of rotatable bonds is 7. The van der Waals surface area contributed by atoms with Crippen molar-refractivity contribution in [3.8, 4) is 0 Å². The van der Waals surface area contributed by atoms with E-state index in [1.54, 1.807) is 28.8 Å². The van der Waals surface area contributed by atoms with E-state index in [-0.39, 0.29) is 0 Å². The average Bonchev–Trinajstić information content (AvgIpc) is 3.37. The molecule has 1 aliphatic carbocycles. The predicted molar refractivity (Wildman–Crippen MR) is 109 cm³/mol. The minimum atomic E-state index is -1.24. The molecule has 0 bridgehead atoms. The zero-order valence-corrected chi connectivity index (χ0v) is 16.1. The van der Waals surface area contributed by atoms with Crippen LogP contribution < -0.4 is 5.32 Å². The molecule has 5 rings (SSSR count). The lowest BCUT2D eigenvalue weighted by molar-refractivity contribution is 0.0966. The summed E-state index contributed by atoms with van der Waals surface area (Å²) >= 11 is 0. The highest BCUT2D eigenvalue weighted by molar-refractivity contribution is 5.74. The van der Waals surface area contributed by atoms with Gasteiger partial charge in [0, 0.05) is 17.7 Å². The third-order valence-electron chi connectivity index (χ3n) is 5.63. The van der Waals surface area contributed by atoms with Crippen molar-refractivity contribution >= 4 is 22.8 Å². The number of nitrogens with zero attached hydrogens (tertiary/aromatic N) is 4. The molecule has 0 saturated heterocycles. The highest BCUT2D eigenvalue weighted by Crippen LogP contribution is 2.39. The van der Waals surface area contributed by atoms with Gasteiger partial charge in [-0.05, 0) is 42.7 Å². The molecule has 4 N–H and O–H groups in total. The summed E-state index contributed by atoms with van der Waals surface area (Å²) in [5.74, 6) is 1.40. The van der Waals surface area contributed by atoms with Gasteiger partial charge in [0.05, 0.1) is 19.5 Å². The monoisotopic (exact) mass is 408 g/mol. The van der Waals surface area contributed by atoms with Crippen molar-refractivity contribution in [2.24, 2.45) is 0 Å². The maximum absolute atomic E-state index is 13.4. The summed E-state index contributed by atoms with van der Waals surface area (Å²) in [6.45, 7) is -0.825. The third-order valence-corrected chi connectivity index (χ3v) is 5.63. The molecule has 0 amide bonds. The maximum Gasteiger partial charge on any atom is 0.163 e. The van der Waals surface area contributed by atoms with Gasteiger partial charge < -0.3 is 20.1 Å². The lowest BCUT2D eigenvalue weighted by atomic mass is 9.91. The first-order valence-electron chi connectivity index (χ1n) is 9.77. The van der Waals surface area contributed by atoms with Crippen LogP contribution in [0.15, 0.2) is 48.8 Å². The summed E-state index contributed by atoms with van der Waals surface area (Å²) in [6, 6.07) is 11.2. The van der Waals surface area contributed by atoms with E-state index in [9.17, 15) is 14.6 Å². The van der Waals surface area contributed by atoms with Crippen LogP contribution in [-0.2, 0) is 5.54 Å². The number of anilines is 2. The number of aromatic amines is 1. The molecule has 1 aliphatic rings. The zero-order chi connectivity index (χ0) is 20.7. The molecule has 1 aromatic carbocycles. The Hall–Kier alpha value is -3.30. The van der Waals surface area contributed by atoms with E-state index in [2.05, 4.69) is 25.5 Å². The van der Waals surface area contributed by atoms with Crippen molar-refractivity contribution in [3.05, 3.63) is 65.9 Å². The number of aliphatic hydroxyl groups is 2. The molecule has 3 aromatic heterocycles. The third kappa shape index (κ3) is 3.12. The molecule has 0 unspecified atom stereocenters. The number of fused-ring (bicyclic) bond motifs is 1. The van der Waals surface area contributed by atoms with Crippen LogP contribution in [0, 0.1) is 5.82 Å². The van der Waals surface area contributed by atoms with Crippen LogP contribution in [0.5, 0.6) is 0 Å². The smallest absolute Gasteiger partial charge is 0.163 e. The topological polar surface area (TPSA) is 112 Å². The second-order valence-corrected chi connectivity index (χ2v) is 7.62. The van der Waals surface area contributed by atoms with Crippen molar-refractivity contribution in [2.75, 3.05) is 18.5 Å². The van der Waals surface area contributed by atoms with Gasteiger partial charge in [0.25, 0.3) is 0 Å². The number of pyridine rings is 1. The Kier molecular flexibility index (Phi) is 4.48. The van der Waals surface area contributed by atoms with E-state index in [1.807, 2.05) is 6.07 Å². The van der Waals surface area contributed by atoms with Crippen LogP contribution >= 0.6 is 0 Å². The zero-order valence-electron chi connectivity index (χ0n) is 16.1. The summed E-state index contributed by atoms with van der Waals surface area (Å²) in [4.78, 5) is 9.01. The van der Waals surface area contributed by atoms with E-state index in [4.69, 9.17) is 0 Å². The molecule has 0 spiro atoms. The number of imidazole rings is 1. The fraction of sp³-hybridized carbons (Fsp3) is 0.286. The summed E-state index contributed by atoms with van der Waals surface area (Å²) in [5.41, 5.74) is 1.51. The van der Waals surface area contributed by atoms with E-state index < -0.39 is 24.6 Å².